The number of nitrogens with zero attached hydrogens (tertiary/aromatic N) is 3. The summed E-state index contributed by atoms with van der Waals surface area (Å²) in [6.07, 6.45) is 0. The first kappa shape index (κ1) is 25.6. The van der Waals surface area contributed by atoms with Gasteiger partial charge in [0.1, 0.15) is 11.6 Å². The fraction of sp³-hybridized carbons (Fsp3) is 0.280. The molecule has 0 saturated heterocycles. The average molecular weight is 465 g/mol. The number of carbonyl (C=O) groups is 1. The lowest BCUT2D eigenvalue weighted by Crippen LogP contribution is -2.12. The van der Waals surface area contributed by atoms with E-state index < -0.39 is 5.91 Å². The second kappa shape index (κ2) is 11.3. The van der Waals surface area contributed by atoms with Gasteiger partial charge >= 0.3 is 0 Å². The predicted molar refractivity (Wildman–Crippen MR) is 134 cm³/mol. The maximum Gasteiger partial charge on any atom is 0.265 e. The first-order chi connectivity index (χ1) is 15.5. The molecule has 172 valence electrons. The Labute approximate surface area is 199 Å². The minimum atomic E-state index is -0.547. The molecule has 1 aromatic heterocycles. The Hall–Kier alpha value is -3.63. The number of nitrogens with one attached hydrogen (secondary N) is 3. The van der Waals surface area contributed by atoms with Gasteiger partial charge in [-0.1, -0.05) is 70.1 Å². The van der Waals surface area contributed by atoms with Gasteiger partial charge in [-0.15, -0.1) is 5.10 Å². The second-order valence-corrected chi connectivity index (χ2v) is 9.43. The maximum atomic E-state index is 11.8. The molecule has 0 atom stereocenters. The van der Waals surface area contributed by atoms with Crippen LogP contribution in [0.1, 0.15) is 38.8 Å². The fourth-order valence-electron chi connectivity index (χ4n) is 2.53. The van der Waals surface area contributed by atoms with Crippen molar-refractivity contribution in [1.82, 2.24) is 15.2 Å². The molecule has 3 N–H and O–H groups in total. The van der Waals surface area contributed by atoms with E-state index in [1.54, 1.807) is 24.3 Å². The molecular formula is C25H29ClN6O. The number of anilines is 2. The zero-order chi connectivity index (χ0) is 24.6. The number of halogens is 1. The summed E-state index contributed by atoms with van der Waals surface area (Å²) in [5, 5.41) is 22.2. The van der Waals surface area contributed by atoms with E-state index >= 15 is 0 Å². The van der Waals surface area contributed by atoms with Gasteiger partial charge in [0.05, 0.1) is 0 Å². The molecule has 1 heterocycles. The van der Waals surface area contributed by atoms with Crippen molar-refractivity contribution in [3.8, 4) is 17.5 Å². The van der Waals surface area contributed by atoms with Crippen LogP contribution in [0.15, 0.2) is 54.6 Å². The zero-order valence-electron chi connectivity index (χ0n) is 19.6. The molecule has 0 aliphatic carbocycles. The Morgan fingerprint density at radius 1 is 1.21 bits per heavy atom. The summed E-state index contributed by atoms with van der Waals surface area (Å²) in [7, 11) is 0. The molecule has 0 saturated carbocycles. The Morgan fingerprint density at radius 3 is 2.52 bits per heavy atom. The molecule has 0 bridgehead atoms. The second-order valence-electron chi connectivity index (χ2n) is 9.02. The van der Waals surface area contributed by atoms with Crippen molar-refractivity contribution < 1.29 is 4.79 Å². The van der Waals surface area contributed by atoms with Gasteiger partial charge in [0, 0.05) is 22.8 Å². The summed E-state index contributed by atoms with van der Waals surface area (Å²) >= 11 is 6.24. The van der Waals surface area contributed by atoms with Crippen LogP contribution in [0.5, 0.6) is 0 Å². The van der Waals surface area contributed by atoms with Gasteiger partial charge in [0.25, 0.3) is 5.91 Å². The highest BCUT2D eigenvalue weighted by molar-refractivity contribution is 6.31. The van der Waals surface area contributed by atoms with Crippen molar-refractivity contribution in [3.63, 3.8) is 0 Å². The molecule has 0 fully saturated rings. The third-order valence-corrected chi connectivity index (χ3v) is 4.42. The molecule has 8 heteroatoms. The van der Waals surface area contributed by atoms with Gasteiger partial charge in [-0.2, -0.15) is 10.2 Å². The molecule has 0 unspecified atom stereocenters. The highest BCUT2D eigenvalue weighted by atomic mass is 35.5. The molecule has 0 aliphatic rings. The normalized spacial score (nSPS) is 10.5. The van der Waals surface area contributed by atoms with Gasteiger partial charge in [-0.05, 0) is 41.7 Å². The number of aromatic nitrogens is 3. The number of hydrogen-bond acceptors (Lipinski definition) is 5. The molecule has 0 radical (unpaired) electrons. The van der Waals surface area contributed by atoms with E-state index in [4.69, 9.17) is 16.9 Å². The van der Waals surface area contributed by atoms with Crippen molar-refractivity contribution in [2.75, 3.05) is 10.6 Å². The number of benzene rings is 2. The average Bonchev–Trinajstić information content (AvgIpc) is 3.21. The van der Waals surface area contributed by atoms with Crippen LogP contribution in [-0.2, 0) is 11.3 Å². The smallest absolute Gasteiger partial charge is 0.265 e. The number of H-pyrrole nitrogens is 1. The Morgan fingerprint density at radius 2 is 1.88 bits per heavy atom. The quantitative estimate of drug-likeness (QED) is 0.301. The first-order valence-corrected chi connectivity index (χ1v) is 10.8. The number of nitriles is 1. The minimum Gasteiger partial charge on any atom is -0.349 e. The number of hydrogen-bond donors (Lipinski definition) is 3. The third kappa shape index (κ3) is 8.43. The van der Waals surface area contributed by atoms with E-state index in [-0.39, 0.29) is 5.57 Å². The van der Waals surface area contributed by atoms with Crippen LogP contribution in [0, 0.1) is 23.7 Å². The van der Waals surface area contributed by atoms with Crippen LogP contribution >= 0.6 is 11.6 Å². The number of aryl methyl sites for hydroxylation is 1. The van der Waals surface area contributed by atoms with E-state index in [0.29, 0.717) is 34.4 Å². The van der Waals surface area contributed by atoms with E-state index in [9.17, 15) is 4.79 Å². The van der Waals surface area contributed by atoms with E-state index in [1.807, 2.05) is 31.2 Å². The molecule has 3 rings (SSSR count). The third-order valence-electron chi connectivity index (χ3n) is 4.06. The maximum absolute atomic E-state index is 11.8. The van der Waals surface area contributed by atoms with E-state index in [2.05, 4.69) is 60.1 Å². The minimum absolute atomic E-state index is 0.161. The summed E-state index contributed by atoms with van der Waals surface area (Å²) in [6, 6.07) is 14.5. The number of amides is 1. The van der Waals surface area contributed by atoms with Gasteiger partial charge in [-0.3, -0.25) is 9.89 Å². The summed E-state index contributed by atoms with van der Waals surface area (Å²) in [5.74, 6) is 0.421. The number of rotatable bonds is 6. The molecular weight excluding hydrogens is 436 g/mol. The molecule has 7 nitrogen and oxygen atoms in total. The molecule has 33 heavy (non-hydrogen) atoms. The lowest BCUT2D eigenvalue weighted by atomic mass is 10.0. The van der Waals surface area contributed by atoms with Gasteiger partial charge in [0.2, 0.25) is 5.95 Å². The number of carbonyl (C=O) groups excluding carboxylic acids is 1. The van der Waals surface area contributed by atoms with Crippen LogP contribution in [-0.4, -0.2) is 21.1 Å². The van der Waals surface area contributed by atoms with Crippen LogP contribution in [0.4, 0.5) is 11.6 Å². The Kier molecular flexibility index (Phi) is 8.78. The molecule has 2 aromatic carbocycles. The lowest BCUT2D eigenvalue weighted by molar-refractivity contribution is -0.112. The molecule has 1 amide bonds. The molecule has 0 spiro atoms. The van der Waals surface area contributed by atoms with Crippen molar-refractivity contribution in [2.45, 2.75) is 41.2 Å². The largest absolute Gasteiger partial charge is 0.349 e. The summed E-state index contributed by atoms with van der Waals surface area (Å²) in [4.78, 5) is 16.2. The van der Waals surface area contributed by atoms with Crippen molar-refractivity contribution >= 4 is 29.1 Å². The van der Waals surface area contributed by atoms with Gasteiger partial charge in [0.15, 0.2) is 5.82 Å². The summed E-state index contributed by atoms with van der Waals surface area (Å²) < 4.78 is 0. The molecule has 0 aliphatic heterocycles. The highest BCUT2D eigenvalue weighted by Crippen LogP contribution is 2.22. The summed E-state index contributed by atoms with van der Waals surface area (Å²) in [5.41, 5.74) is 3.66. The summed E-state index contributed by atoms with van der Waals surface area (Å²) in [6.45, 7) is 14.6. The van der Waals surface area contributed by atoms with Gasteiger partial charge < -0.3 is 10.6 Å². The molecule has 3 aromatic rings. The predicted octanol–water partition coefficient (Wildman–Crippen LogP) is 6.12. The van der Waals surface area contributed by atoms with E-state index in [1.165, 1.54) is 0 Å². The van der Waals surface area contributed by atoms with E-state index in [0.717, 1.165) is 16.7 Å². The van der Waals surface area contributed by atoms with Gasteiger partial charge in [-0.25, -0.2) is 0 Å². The number of aromatic amines is 1. The van der Waals surface area contributed by atoms with Crippen molar-refractivity contribution in [3.05, 3.63) is 70.8 Å². The monoisotopic (exact) mass is 464 g/mol. The Bertz CT molecular complexity index is 1140. The van der Waals surface area contributed by atoms with Crippen LogP contribution in [0.2, 0.25) is 5.02 Å². The Balaban J connectivity index is 0.000000696. The van der Waals surface area contributed by atoms with Crippen LogP contribution in [0.25, 0.3) is 11.4 Å². The van der Waals surface area contributed by atoms with Crippen molar-refractivity contribution in [1.29, 1.82) is 5.26 Å². The standard InChI is InChI=1S/C20H17ClN6O.C5H12/c1-12-5-3-8-17(21)16(12)11-23-20-25-18(26-27-20)14-6-4-7-15(9-14)24-19(28)13(2)10-22;1-5(2,3)4/h3-9H,2,11H2,1H3,(H,24,28)(H2,23,25,26,27);1-4H3. The topological polar surface area (TPSA) is 106 Å². The highest BCUT2D eigenvalue weighted by Gasteiger charge is 2.10. The van der Waals surface area contributed by atoms with Crippen LogP contribution in [0.3, 0.4) is 0 Å². The SMILES string of the molecule is C=C(C#N)C(=O)Nc1cccc(-c2nc(NCc3c(C)cccc3Cl)n[nH]2)c1.CC(C)(C)C. The van der Waals surface area contributed by atoms with Crippen molar-refractivity contribution in [2.24, 2.45) is 5.41 Å². The zero-order valence-corrected chi connectivity index (χ0v) is 20.3. The van der Waals surface area contributed by atoms with Crippen LogP contribution < -0.4 is 10.6 Å². The lowest BCUT2D eigenvalue weighted by Gasteiger charge is -2.08. The fourth-order valence-corrected chi connectivity index (χ4v) is 2.82. The first-order valence-electron chi connectivity index (χ1n) is 10.4.